The van der Waals surface area contributed by atoms with E-state index in [4.69, 9.17) is 4.74 Å². The quantitative estimate of drug-likeness (QED) is 0.394. The summed E-state index contributed by atoms with van der Waals surface area (Å²) in [6.45, 7) is 3.91. The topological polar surface area (TPSA) is 69.0 Å². The summed E-state index contributed by atoms with van der Waals surface area (Å²) in [6.07, 6.45) is -0.705. The van der Waals surface area contributed by atoms with E-state index in [1.807, 2.05) is 6.92 Å². The van der Waals surface area contributed by atoms with Crippen LogP contribution in [0.3, 0.4) is 0 Å². The van der Waals surface area contributed by atoms with Gasteiger partial charge in [-0.2, -0.15) is 0 Å². The second-order valence-corrected chi connectivity index (χ2v) is 7.32. The highest BCUT2D eigenvalue weighted by Gasteiger charge is 2.21. The Balaban J connectivity index is 1.65. The molecule has 1 N–H and O–H groups in total. The first-order valence-corrected chi connectivity index (χ1v) is 10.2. The lowest BCUT2D eigenvalue weighted by atomic mass is 10.3. The molecule has 0 saturated carbocycles. The second-order valence-electron chi connectivity index (χ2n) is 6.38. The van der Waals surface area contributed by atoms with Gasteiger partial charge in [-0.25, -0.2) is 17.6 Å². The van der Waals surface area contributed by atoms with Gasteiger partial charge in [0.15, 0.2) is 28.7 Å². The number of carbonyl (C=O) groups excluding carboxylic acids is 1. The Hall–Kier alpha value is -3.08. The highest BCUT2D eigenvalue weighted by molar-refractivity contribution is 7.99. The molecule has 0 aliphatic heterocycles. The van der Waals surface area contributed by atoms with Crippen molar-refractivity contribution in [1.29, 1.82) is 0 Å². The van der Waals surface area contributed by atoms with E-state index in [0.29, 0.717) is 23.6 Å². The molecule has 1 amide bonds. The summed E-state index contributed by atoms with van der Waals surface area (Å²) in [5, 5.41) is 10.9. The van der Waals surface area contributed by atoms with Gasteiger partial charge < -0.3 is 14.6 Å². The van der Waals surface area contributed by atoms with E-state index >= 15 is 0 Å². The van der Waals surface area contributed by atoms with Crippen LogP contribution in [-0.4, -0.2) is 26.4 Å². The minimum absolute atomic E-state index is 0.100. The van der Waals surface area contributed by atoms with Gasteiger partial charge >= 0.3 is 0 Å². The highest BCUT2D eigenvalue weighted by Crippen LogP contribution is 2.27. The first-order chi connectivity index (χ1) is 14.8. The van der Waals surface area contributed by atoms with E-state index in [1.165, 1.54) is 6.07 Å². The van der Waals surface area contributed by atoms with Crippen LogP contribution in [0, 0.1) is 23.3 Å². The van der Waals surface area contributed by atoms with Crippen molar-refractivity contribution >= 4 is 23.4 Å². The number of ether oxygens (including phenoxy) is 1. The number of benzene rings is 2. The van der Waals surface area contributed by atoms with Crippen LogP contribution in [0.5, 0.6) is 5.75 Å². The normalized spacial score (nSPS) is 11.9. The molecular formula is C20H18F4N4O2S. The van der Waals surface area contributed by atoms with Gasteiger partial charge in [0.2, 0.25) is 5.91 Å². The summed E-state index contributed by atoms with van der Waals surface area (Å²) in [7, 11) is 0. The summed E-state index contributed by atoms with van der Waals surface area (Å²) in [6, 6.07) is 5.83. The molecule has 0 saturated heterocycles. The number of nitrogens with zero attached hydrogens (tertiary/aromatic N) is 3. The van der Waals surface area contributed by atoms with Crippen molar-refractivity contribution in [2.24, 2.45) is 0 Å². The molecular weight excluding hydrogens is 436 g/mol. The lowest BCUT2D eigenvalue weighted by molar-refractivity contribution is -0.113. The lowest BCUT2D eigenvalue weighted by Crippen LogP contribution is -2.16. The first kappa shape index (κ1) is 22.6. The molecule has 0 bridgehead atoms. The van der Waals surface area contributed by atoms with Crippen LogP contribution >= 0.6 is 11.8 Å². The van der Waals surface area contributed by atoms with Crippen LogP contribution in [0.1, 0.15) is 25.8 Å². The Kier molecular flexibility index (Phi) is 7.16. The van der Waals surface area contributed by atoms with Crippen LogP contribution in [0.15, 0.2) is 41.6 Å². The van der Waals surface area contributed by atoms with Crippen molar-refractivity contribution in [1.82, 2.24) is 14.8 Å². The number of hydrogen-bond donors (Lipinski definition) is 1. The smallest absolute Gasteiger partial charge is 0.234 e. The van der Waals surface area contributed by atoms with Gasteiger partial charge in [-0.3, -0.25) is 4.79 Å². The predicted molar refractivity (Wildman–Crippen MR) is 107 cm³/mol. The molecule has 0 spiro atoms. The zero-order chi connectivity index (χ0) is 22.5. The molecule has 3 aromatic rings. The minimum Gasteiger partial charge on any atom is -0.480 e. The molecule has 0 aliphatic rings. The van der Waals surface area contributed by atoms with Gasteiger partial charge in [-0.1, -0.05) is 11.8 Å². The van der Waals surface area contributed by atoms with E-state index in [9.17, 15) is 22.4 Å². The van der Waals surface area contributed by atoms with Gasteiger partial charge in [-0.05, 0) is 38.1 Å². The van der Waals surface area contributed by atoms with E-state index in [-0.39, 0.29) is 17.2 Å². The van der Waals surface area contributed by atoms with E-state index in [2.05, 4.69) is 15.5 Å². The fraction of sp³-hybridized carbons (Fsp3) is 0.250. The van der Waals surface area contributed by atoms with Crippen LogP contribution < -0.4 is 10.1 Å². The number of halogens is 4. The van der Waals surface area contributed by atoms with Gasteiger partial charge in [0.1, 0.15) is 17.5 Å². The standard InChI is InChI=1S/C20H18F4N4O2S/c1-3-28-19(11(2)30-17-7-5-13(22)9-15(17)24)26-27-20(28)31-10-18(29)25-16-6-4-12(21)8-14(16)23/h4-9,11H,3,10H2,1-2H3,(H,25,29). The SMILES string of the molecule is CCn1c(SCC(=O)Nc2ccc(F)cc2F)nnc1C(C)Oc1ccc(F)cc1F. The molecule has 1 atom stereocenters. The number of amides is 1. The third-order valence-corrected chi connectivity index (χ3v) is 5.13. The largest absolute Gasteiger partial charge is 0.480 e. The molecule has 2 aromatic carbocycles. The average Bonchev–Trinajstić information content (AvgIpc) is 3.13. The minimum atomic E-state index is -0.878. The Morgan fingerprint density at radius 3 is 2.42 bits per heavy atom. The molecule has 6 nitrogen and oxygen atoms in total. The molecule has 0 fully saturated rings. The van der Waals surface area contributed by atoms with Gasteiger partial charge in [0.05, 0.1) is 11.4 Å². The first-order valence-electron chi connectivity index (χ1n) is 9.21. The van der Waals surface area contributed by atoms with E-state index in [1.54, 1.807) is 11.5 Å². The molecule has 1 unspecified atom stereocenters. The molecule has 3 rings (SSSR count). The van der Waals surface area contributed by atoms with Crippen molar-refractivity contribution in [3.05, 3.63) is 65.5 Å². The van der Waals surface area contributed by atoms with Crippen molar-refractivity contribution in [2.45, 2.75) is 31.7 Å². The molecule has 31 heavy (non-hydrogen) atoms. The third kappa shape index (κ3) is 5.54. The van der Waals surface area contributed by atoms with Crippen LogP contribution in [0.2, 0.25) is 0 Å². The van der Waals surface area contributed by atoms with Crippen molar-refractivity contribution < 1.29 is 27.1 Å². The van der Waals surface area contributed by atoms with Crippen LogP contribution in [0.4, 0.5) is 23.2 Å². The van der Waals surface area contributed by atoms with Gasteiger partial charge in [-0.15, -0.1) is 10.2 Å². The van der Waals surface area contributed by atoms with Crippen LogP contribution in [-0.2, 0) is 11.3 Å². The summed E-state index contributed by atoms with van der Waals surface area (Å²) < 4.78 is 60.8. The van der Waals surface area contributed by atoms with Crippen molar-refractivity contribution in [3.63, 3.8) is 0 Å². The predicted octanol–water partition coefficient (Wildman–Crippen LogP) is 4.73. The fourth-order valence-corrected chi connectivity index (χ4v) is 3.54. The maximum atomic E-state index is 13.8. The fourth-order valence-electron chi connectivity index (χ4n) is 2.73. The van der Waals surface area contributed by atoms with Crippen molar-refractivity contribution in [2.75, 3.05) is 11.1 Å². The number of rotatable bonds is 8. The zero-order valence-corrected chi connectivity index (χ0v) is 17.4. The summed E-state index contributed by atoms with van der Waals surface area (Å²) >= 11 is 1.06. The Morgan fingerprint density at radius 2 is 1.77 bits per heavy atom. The number of carbonyl (C=O) groups is 1. The lowest BCUT2D eigenvalue weighted by Gasteiger charge is -2.16. The molecule has 0 radical (unpaired) electrons. The Morgan fingerprint density at radius 1 is 1.10 bits per heavy atom. The summed E-state index contributed by atoms with van der Waals surface area (Å²) in [4.78, 5) is 12.1. The Bertz CT molecular complexity index is 1090. The third-order valence-electron chi connectivity index (χ3n) is 4.16. The summed E-state index contributed by atoms with van der Waals surface area (Å²) in [5.41, 5.74) is -0.131. The number of aromatic nitrogens is 3. The maximum absolute atomic E-state index is 13.8. The Labute approximate surface area is 179 Å². The number of anilines is 1. The molecule has 1 heterocycles. The zero-order valence-electron chi connectivity index (χ0n) is 16.5. The maximum Gasteiger partial charge on any atom is 0.234 e. The summed E-state index contributed by atoms with van der Waals surface area (Å²) in [5.74, 6) is -3.54. The number of thioether (sulfide) groups is 1. The van der Waals surface area contributed by atoms with Gasteiger partial charge in [0.25, 0.3) is 0 Å². The average molecular weight is 454 g/mol. The molecule has 0 aliphatic carbocycles. The van der Waals surface area contributed by atoms with E-state index < -0.39 is 35.3 Å². The molecule has 164 valence electrons. The van der Waals surface area contributed by atoms with Gasteiger partial charge in [0, 0.05) is 18.7 Å². The highest BCUT2D eigenvalue weighted by atomic mass is 32.2. The number of nitrogens with one attached hydrogen (secondary N) is 1. The van der Waals surface area contributed by atoms with E-state index in [0.717, 1.165) is 36.0 Å². The second kappa shape index (κ2) is 9.82. The molecule has 11 heteroatoms. The number of hydrogen-bond acceptors (Lipinski definition) is 5. The van der Waals surface area contributed by atoms with Crippen molar-refractivity contribution in [3.8, 4) is 5.75 Å². The van der Waals surface area contributed by atoms with Crippen LogP contribution in [0.25, 0.3) is 0 Å². The molecule has 1 aromatic heterocycles. The monoisotopic (exact) mass is 454 g/mol.